The summed E-state index contributed by atoms with van der Waals surface area (Å²) in [4.78, 5) is 17.8. The van der Waals surface area contributed by atoms with Crippen molar-refractivity contribution in [3.63, 3.8) is 0 Å². The minimum Gasteiger partial charge on any atom is -0.382 e. The number of allylic oxidation sites excluding steroid dienone is 2. The number of hydrogen-bond acceptors (Lipinski definition) is 7. The monoisotopic (exact) mass is 484 g/mol. The Morgan fingerprint density at radius 1 is 1.14 bits per heavy atom. The SMILES string of the molecule is CC(C)Nc1cncc(-c2ncc3[nH]nc(-c4nc5c([nH]4)C(c4cccs4)=CC=CN5)c3c2F)c1. The molecule has 8 nitrogen and oxygen atoms in total. The summed E-state index contributed by atoms with van der Waals surface area (Å²) in [5.41, 5.74) is 4.26. The second-order valence-electron chi connectivity index (χ2n) is 8.41. The maximum atomic E-state index is 15.9. The number of aromatic nitrogens is 6. The number of nitrogens with one attached hydrogen (secondary N) is 4. The van der Waals surface area contributed by atoms with Gasteiger partial charge >= 0.3 is 0 Å². The van der Waals surface area contributed by atoms with Crippen LogP contribution in [0.4, 0.5) is 15.9 Å². The molecule has 4 N–H and O–H groups in total. The third-order valence-electron chi connectivity index (χ3n) is 5.57. The first-order valence-electron chi connectivity index (χ1n) is 11.1. The molecule has 0 aromatic carbocycles. The number of nitrogens with zero attached hydrogens (tertiary/aromatic N) is 4. The van der Waals surface area contributed by atoms with E-state index >= 15 is 4.39 Å². The fourth-order valence-corrected chi connectivity index (χ4v) is 4.86. The van der Waals surface area contributed by atoms with Gasteiger partial charge in [-0.3, -0.25) is 15.1 Å². The van der Waals surface area contributed by atoms with E-state index in [-0.39, 0.29) is 11.7 Å². The van der Waals surface area contributed by atoms with Gasteiger partial charge in [0, 0.05) is 40.6 Å². The Morgan fingerprint density at radius 2 is 2.06 bits per heavy atom. The zero-order chi connectivity index (χ0) is 23.9. The Hall–Kier alpha value is -4.31. The molecule has 0 unspecified atom stereocenters. The molecular formula is C25H21FN8S. The molecule has 6 heterocycles. The molecule has 1 aliphatic heterocycles. The molecule has 0 radical (unpaired) electrons. The van der Waals surface area contributed by atoms with Crippen molar-refractivity contribution in [2.75, 3.05) is 10.6 Å². The zero-order valence-electron chi connectivity index (χ0n) is 18.9. The first kappa shape index (κ1) is 21.2. The van der Waals surface area contributed by atoms with Crippen LogP contribution < -0.4 is 10.6 Å². The molecule has 174 valence electrons. The molecule has 0 amide bonds. The highest BCUT2D eigenvalue weighted by molar-refractivity contribution is 7.11. The second kappa shape index (κ2) is 8.48. The van der Waals surface area contributed by atoms with E-state index in [0.29, 0.717) is 33.8 Å². The van der Waals surface area contributed by atoms with Gasteiger partial charge in [0.05, 0.1) is 28.5 Å². The highest BCUT2D eigenvalue weighted by atomic mass is 32.1. The topological polar surface area (TPSA) is 107 Å². The van der Waals surface area contributed by atoms with Crippen molar-refractivity contribution in [3.8, 4) is 22.8 Å². The first-order valence-corrected chi connectivity index (χ1v) is 12.0. The van der Waals surface area contributed by atoms with Crippen LogP contribution in [-0.4, -0.2) is 36.2 Å². The Labute approximate surface area is 204 Å². The second-order valence-corrected chi connectivity index (χ2v) is 9.36. The Bertz CT molecular complexity index is 1590. The molecule has 35 heavy (non-hydrogen) atoms. The number of thiophene rings is 1. The van der Waals surface area contributed by atoms with Crippen LogP contribution in [0.3, 0.4) is 0 Å². The van der Waals surface area contributed by atoms with Gasteiger partial charge in [-0.2, -0.15) is 5.10 Å². The molecule has 0 atom stereocenters. The Morgan fingerprint density at radius 3 is 2.89 bits per heavy atom. The average molecular weight is 485 g/mol. The summed E-state index contributed by atoms with van der Waals surface area (Å²) in [6.45, 7) is 4.06. The number of fused-ring (bicyclic) bond motifs is 2. The number of hydrogen-bond donors (Lipinski definition) is 4. The van der Waals surface area contributed by atoms with E-state index in [1.807, 2.05) is 49.7 Å². The maximum absolute atomic E-state index is 15.9. The third kappa shape index (κ3) is 3.77. The Balaban J connectivity index is 1.46. The minimum absolute atomic E-state index is 0.202. The van der Waals surface area contributed by atoms with Gasteiger partial charge in [-0.05, 0) is 43.5 Å². The summed E-state index contributed by atoms with van der Waals surface area (Å²) >= 11 is 1.64. The van der Waals surface area contributed by atoms with E-state index in [2.05, 4.69) is 41.8 Å². The van der Waals surface area contributed by atoms with Crippen LogP contribution in [-0.2, 0) is 0 Å². The van der Waals surface area contributed by atoms with Gasteiger partial charge in [-0.1, -0.05) is 6.07 Å². The first-order chi connectivity index (χ1) is 17.1. The Kier molecular flexibility index (Phi) is 5.14. The van der Waals surface area contributed by atoms with E-state index in [9.17, 15) is 0 Å². The van der Waals surface area contributed by atoms with Crippen molar-refractivity contribution in [3.05, 3.63) is 76.9 Å². The summed E-state index contributed by atoms with van der Waals surface area (Å²) < 4.78 is 15.9. The lowest BCUT2D eigenvalue weighted by Gasteiger charge is -2.11. The number of rotatable bonds is 5. The summed E-state index contributed by atoms with van der Waals surface area (Å²) in [7, 11) is 0. The molecule has 6 rings (SSSR count). The smallest absolute Gasteiger partial charge is 0.161 e. The van der Waals surface area contributed by atoms with Crippen LogP contribution in [0.5, 0.6) is 0 Å². The van der Waals surface area contributed by atoms with Crippen molar-refractivity contribution in [1.82, 2.24) is 30.1 Å². The molecule has 5 aromatic rings. The molecule has 0 aliphatic carbocycles. The molecule has 0 fully saturated rings. The number of imidazole rings is 1. The van der Waals surface area contributed by atoms with E-state index < -0.39 is 5.82 Å². The third-order valence-corrected chi connectivity index (χ3v) is 6.48. The van der Waals surface area contributed by atoms with Gasteiger partial charge < -0.3 is 15.6 Å². The summed E-state index contributed by atoms with van der Waals surface area (Å²) in [6, 6.07) is 6.12. The van der Waals surface area contributed by atoms with E-state index in [1.54, 1.807) is 29.9 Å². The van der Waals surface area contributed by atoms with Gasteiger partial charge in [-0.15, -0.1) is 11.3 Å². The van der Waals surface area contributed by atoms with Gasteiger partial charge in [0.2, 0.25) is 0 Å². The van der Waals surface area contributed by atoms with Gasteiger partial charge in [0.25, 0.3) is 0 Å². The van der Waals surface area contributed by atoms with Crippen molar-refractivity contribution < 1.29 is 4.39 Å². The largest absolute Gasteiger partial charge is 0.382 e. The summed E-state index contributed by atoms with van der Waals surface area (Å²) in [5, 5.41) is 16.1. The van der Waals surface area contributed by atoms with Gasteiger partial charge in [-0.25, -0.2) is 9.37 Å². The fraction of sp³-hybridized carbons (Fsp3) is 0.120. The summed E-state index contributed by atoms with van der Waals surface area (Å²) in [5.74, 6) is 0.620. The van der Waals surface area contributed by atoms with Gasteiger partial charge in [0.15, 0.2) is 17.5 Å². The summed E-state index contributed by atoms with van der Waals surface area (Å²) in [6.07, 6.45) is 10.7. The highest BCUT2D eigenvalue weighted by Crippen LogP contribution is 2.37. The minimum atomic E-state index is -0.483. The standard InChI is InChI=1S/C25H21FN8S/c1-13(2)30-15-9-14(10-27-11-15)21-20(26)19-17(12-29-21)33-34-23(19)25-31-22-16(18-6-4-8-35-18)5-3-7-28-24(22)32-25/h3-13,28,30H,1-2H3,(H,31,32)(H,33,34). The normalized spacial score (nSPS) is 13.0. The lowest BCUT2D eigenvalue weighted by atomic mass is 10.1. The molecule has 0 spiro atoms. The van der Waals surface area contributed by atoms with Crippen molar-refractivity contribution in [1.29, 1.82) is 0 Å². The lowest BCUT2D eigenvalue weighted by Crippen LogP contribution is -2.09. The predicted molar refractivity (Wildman–Crippen MR) is 138 cm³/mol. The highest BCUT2D eigenvalue weighted by Gasteiger charge is 2.23. The van der Waals surface area contributed by atoms with Crippen molar-refractivity contribution >= 4 is 39.3 Å². The lowest BCUT2D eigenvalue weighted by molar-refractivity contribution is 0.638. The number of anilines is 2. The van der Waals surface area contributed by atoms with E-state index in [0.717, 1.165) is 21.8 Å². The van der Waals surface area contributed by atoms with E-state index in [1.165, 1.54) is 0 Å². The quantitative estimate of drug-likeness (QED) is 0.251. The molecule has 0 bridgehead atoms. The molecule has 5 aromatic heterocycles. The van der Waals surface area contributed by atoms with E-state index in [4.69, 9.17) is 4.98 Å². The molecular weight excluding hydrogens is 463 g/mol. The molecule has 0 saturated carbocycles. The predicted octanol–water partition coefficient (Wildman–Crippen LogP) is 5.80. The van der Waals surface area contributed by atoms with Crippen LogP contribution in [0.2, 0.25) is 0 Å². The number of H-pyrrole nitrogens is 2. The van der Waals surface area contributed by atoms with Crippen LogP contribution >= 0.6 is 11.3 Å². The van der Waals surface area contributed by atoms with Crippen LogP contribution in [0.25, 0.3) is 39.3 Å². The molecule has 10 heteroatoms. The average Bonchev–Trinajstić information content (AvgIpc) is 3.58. The van der Waals surface area contributed by atoms with Crippen molar-refractivity contribution in [2.45, 2.75) is 19.9 Å². The fourth-order valence-electron chi connectivity index (χ4n) is 4.11. The number of aromatic amines is 2. The van der Waals surface area contributed by atoms with Crippen LogP contribution in [0, 0.1) is 5.82 Å². The number of halogens is 1. The number of pyridine rings is 2. The van der Waals surface area contributed by atoms with Crippen LogP contribution in [0.15, 0.2) is 60.5 Å². The van der Waals surface area contributed by atoms with Crippen molar-refractivity contribution in [2.24, 2.45) is 0 Å². The van der Waals surface area contributed by atoms with Crippen LogP contribution in [0.1, 0.15) is 24.4 Å². The molecule has 1 aliphatic rings. The maximum Gasteiger partial charge on any atom is 0.161 e. The molecule has 0 saturated heterocycles. The zero-order valence-corrected chi connectivity index (χ0v) is 19.7. The van der Waals surface area contributed by atoms with Gasteiger partial charge in [0.1, 0.15) is 11.4 Å².